The summed E-state index contributed by atoms with van der Waals surface area (Å²) in [6.45, 7) is 0.656. The molecule has 1 aliphatic rings. The number of esters is 1. The van der Waals surface area contributed by atoms with Gasteiger partial charge in [0.05, 0.1) is 13.0 Å². The molecule has 0 bridgehead atoms. The molecule has 1 aliphatic heterocycles. The third-order valence-electron chi connectivity index (χ3n) is 3.28. The highest BCUT2D eigenvalue weighted by atomic mass is 19.2. The summed E-state index contributed by atoms with van der Waals surface area (Å²) in [5.41, 5.74) is 0.655. The lowest BCUT2D eigenvalue weighted by Crippen LogP contribution is -2.35. The molecule has 2 unspecified atom stereocenters. The van der Waals surface area contributed by atoms with Crippen molar-refractivity contribution in [2.75, 3.05) is 13.7 Å². The molecular formula is C13H15F2NO2. The van der Waals surface area contributed by atoms with Crippen molar-refractivity contribution in [1.29, 1.82) is 0 Å². The molecule has 0 amide bonds. The minimum absolute atomic E-state index is 0.141. The van der Waals surface area contributed by atoms with E-state index in [0.717, 1.165) is 6.07 Å². The first-order valence-corrected chi connectivity index (χ1v) is 5.88. The number of halogens is 2. The zero-order valence-corrected chi connectivity index (χ0v) is 10.1. The van der Waals surface area contributed by atoms with Crippen molar-refractivity contribution in [2.24, 2.45) is 5.92 Å². The van der Waals surface area contributed by atoms with Gasteiger partial charge in [-0.15, -0.1) is 0 Å². The molecule has 2 rings (SSSR count). The highest BCUT2D eigenvalue weighted by Crippen LogP contribution is 2.28. The Hall–Kier alpha value is -1.49. The second-order valence-electron chi connectivity index (χ2n) is 4.42. The molecule has 18 heavy (non-hydrogen) atoms. The Morgan fingerprint density at radius 3 is 2.83 bits per heavy atom. The van der Waals surface area contributed by atoms with Gasteiger partial charge in [0, 0.05) is 6.04 Å². The maximum absolute atomic E-state index is 13.2. The van der Waals surface area contributed by atoms with Crippen molar-refractivity contribution >= 4 is 5.97 Å². The van der Waals surface area contributed by atoms with E-state index in [4.69, 9.17) is 4.74 Å². The third-order valence-corrected chi connectivity index (χ3v) is 3.28. The van der Waals surface area contributed by atoms with Crippen LogP contribution in [0.15, 0.2) is 18.2 Å². The number of carbonyl (C=O) groups excluding carboxylic acids is 1. The fourth-order valence-corrected chi connectivity index (χ4v) is 2.28. The van der Waals surface area contributed by atoms with Crippen LogP contribution < -0.4 is 5.32 Å². The molecule has 98 valence electrons. The standard InChI is InChI=1S/C13H15F2NO2/c1-18-13(17)9-4-5-16-12(7-9)8-2-3-10(14)11(15)6-8/h2-3,6,9,12,16H,4-5,7H2,1H3. The SMILES string of the molecule is COC(=O)C1CCNC(c2ccc(F)c(F)c2)C1. The highest BCUT2D eigenvalue weighted by Gasteiger charge is 2.28. The number of carbonyl (C=O) groups is 1. The number of nitrogens with one attached hydrogen (secondary N) is 1. The number of methoxy groups -OCH3 is 1. The zero-order chi connectivity index (χ0) is 13.1. The highest BCUT2D eigenvalue weighted by molar-refractivity contribution is 5.72. The smallest absolute Gasteiger partial charge is 0.308 e. The van der Waals surface area contributed by atoms with Gasteiger partial charge in [0.1, 0.15) is 0 Å². The van der Waals surface area contributed by atoms with Crippen LogP contribution in [0.4, 0.5) is 8.78 Å². The summed E-state index contributed by atoms with van der Waals surface area (Å²) in [6, 6.07) is 3.68. The van der Waals surface area contributed by atoms with Crippen molar-refractivity contribution in [3.8, 4) is 0 Å². The molecule has 0 spiro atoms. The molecule has 2 atom stereocenters. The summed E-state index contributed by atoms with van der Waals surface area (Å²) in [5, 5.41) is 3.19. The summed E-state index contributed by atoms with van der Waals surface area (Å²) < 4.78 is 30.7. The van der Waals surface area contributed by atoms with Crippen LogP contribution >= 0.6 is 0 Å². The molecule has 1 aromatic rings. The molecular weight excluding hydrogens is 240 g/mol. The van der Waals surface area contributed by atoms with Gasteiger partial charge in [0.2, 0.25) is 0 Å². The average Bonchev–Trinajstić information content (AvgIpc) is 2.41. The van der Waals surface area contributed by atoms with Gasteiger partial charge in [-0.25, -0.2) is 8.78 Å². The van der Waals surface area contributed by atoms with E-state index in [9.17, 15) is 13.6 Å². The van der Waals surface area contributed by atoms with Crippen molar-refractivity contribution in [3.63, 3.8) is 0 Å². The number of ether oxygens (including phenoxy) is 1. The Balaban J connectivity index is 2.13. The Morgan fingerprint density at radius 1 is 1.39 bits per heavy atom. The maximum atomic E-state index is 13.2. The second-order valence-corrected chi connectivity index (χ2v) is 4.42. The number of piperidine rings is 1. The first-order chi connectivity index (χ1) is 8.61. The lowest BCUT2D eigenvalue weighted by atomic mass is 9.89. The van der Waals surface area contributed by atoms with E-state index in [0.29, 0.717) is 24.9 Å². The first kappa shape index (κ1) is 13.0. The van der Waals surface area contributed by atoms with E-state index < -0.39 is 11.6 Å². The van der Waals surface area contributed by atoms with Crippen LogP contribution in [0.25, 0.3) is 0 Å². The van der Waals surface area contributed by atoms with E-state index >= 15 is 0 Å². The molecule has 3 nitrogen and oxygen atoms in total. The maximum Gasteiger partial charge on any atom is 0.308 e. The van der Waals surface area contributed by atoms with Crippen LogP contribution in [-0.4, -0.2) is 19.6 Å². The minimum Gasteiger partial charge on any atom is -0.469 e. The van der Waals surface area contributed by atoms with Crippen LogP contribution in [0, 0.1) is 17.6 Å². The average molecular weight is 255 g/mol. The predicted molar refractivity (Wildman–Crippen MR) is 61.8 cm³/mol. The minimum atomic E-state index is -0.866. The predicted octanol–water partition coefficient (Wildman–Crippen LogP) is 2.18. The van der Waals surface area contributed by atoms with Gasteiger partial charge in [-0.2, -0.15) is 0 Å². The monoisotopic (exact) mass is 255 g/mol. The molecule has 0 radical (unpaired) electrons. The second kappa shape index (κ2) is 5.44. The van der Waals surface area contributed by atoms with E-state index in [-0.39, 0.29) is 17.9 Å². The third kappa shape index (κ3) is 2.67. The van der Waals surface area contributed by atoms with Crippen LogP contribution in [0.3, 0.4) is 0 Å². The molecule has 5 heteroatoms. The van der Waals surface area contributed by atoms with E-state index in [2.05, 4.69) is 5.32 Å². The molecule has 0 aromatic heterocycles. The Kier molecular flexibility index (Phi) is 3.91. The molecule has 1 heterocycles. The van der Waals surface area contributed by atoms with Crippen LogP contribution in [0.5, 0.6) is 0 Å². The molecule has 0 aliphatic carbocycles. The number of hydrogen-bond acceptors (Lipinski definition) is 3. The van der Waals surface area contributed by atoms with Gasteiger partial charge in [-0.1, -0.05) is 6.07 Å². The summed E-state index contributed by atoms with van der Waals surface area (Å²) in [5.74, 6) is -2.16. The van der Waals surface area contributed by atoms with Crippen LogP contribution in [-0.2, 0) is 9.53 Å². The van der Waals surface area contributed by atoms with Crippen molar-refractivity contribution in [3.05, 3.63) is 35.4 Å². The van der Waals surface area contributed by atoms with Gasteiger partial charge in [0.15, 0.2) is 11.6 Å². The zero-order valence-electron chi connectivity index (χ0n) is 10.1. The summed E-state index contributed by atoms with van der Waals surface area (Å²) >= 11 is 0. The summed E-state index contributed by atoms with van der Waals surface area (Å²) in [6.07, 6.45) is 1.24. The molecule has 1 N–H and O–H groups in total. The van der Waals surface area contributed by atoms with Gasteiger partial charge in [-0.05, 0) is 37.1 Å². The fraction of sp³-hybridized carbons (Fsp3) is 0.462. The molecule has 0 saturated carbocycles. The number of hydrogen-bond donors (Lipinski definition) is 1. The Morgan fingerprint density at radius 2 is 2.17 bits per heavy atom. The van der Waals surface area contributed by atoms with Crippen molar-refractivity contribution < 1.29 is 18.3 Å². The largest absolute Gasteiger partial charge is 0.469 e. The van der Waals surface area contributed by atoms with Gasteiger partial charge < -0.3 is 10.1 Å². The lowest BCUT2D eigenvalue weighted by Gasteiger charge is -2.29. The van der Waals surface area contributed by atoms with Crippen molar-refractivity contribution in [1.82, 2.24) is 5.32 Å². The first-order valence-electron chi connectivity index (χ1n) is 5.88. The lowest BCUT2D eigenvalue weighted by molar-refractivity contribution is -0.146. The normalized spacial score (nSPS) is 23.7. The summed E-state index contributed by atoms with van der Waals surface area (Å²) in [4.78, 5) is 11.5. The fourth-order valence-electron chi connectivity index (χ4n) is 2.28. The number of rotatable bonds is 2. The molecule has 1 aromatic carbocycles. The molecule has 1 fully saturated rings. The quantitative estimate of drug-likeness (QED) is 0.823. The van der Waals surface area contributed by atoms with E-state index in [1.807, 2.05) is 0 Å². The van der Waals surface area contributed by atoms with Gasteiger partial charge in [-0.3, -0.25) is 4.79 Å². The Bertz CT molecular complexity index is 451. The molecule has 1 saturated heterocycles. The van der Waals surface area contributed by atoms with E-state index in [1.54, 1.807) is 0 Å². The summed E-state index contributed by atoms with van der Waals surface area (Å²) in [7, 11) is 1.36. The van der Waals surface area contributed by atoms with Gasteiger partial charge >= 0.3 is 5.97 Å². The topological polar surface area (TPSA) is 38.3 Å². The van der Waals surface area contributed by atoms with Crippen molar-refractivity contribution in [2.45, 2.75) is 18.9 Å². The van der Waals surface area contributed by atoms with Crippen LogP contribution in [0.1, 0.15) is 24.4 Å². The van der Waals surface area contributed by atoms with Crippen LogP contribution in [0.2, 0.25) is 0 Å². The van der Waals surface area contributed by atoms with E-state index in [1.165, 1.54) is 19.2 Å². The number of benzene rings is 1. The van der Waals surface area contributed by atoms with Gasteiger partial charge in [0.25, 0.3) is 0 Å². The Labute approximate surface area is 104 Å².